The van der Waals surface area contributed by atoms with Gasteiger partial charge in [-0.15, -0.1) is 0 Å². The van der Waals surface area contributed by atoms with Crippen molar-refractivity contribution in [3.63, 3.8) is 0 Å². The summed E-state index contributed by atoms with van der Waals surface area (Å²) in [6.45, 7) is 11.0. The van der Waals surface area contributed by atoms with Crippen LogP contribution in [-0.4, -0.2) is 0 Å². The van der Waals surface area contributed by atoms with Gasteiger partial charge in [-0.1, -0.05) is 18.1 Å². The van der Waals surface area contributed by atoms with E-state index in [1.165, 1.54) is 28.2 Å². The van der Waals surface area contributed by atoms with Crippen molar-refractivity contribution in [2.75, 3.05) is 0 Å². The topological polar surface area (TPSA) is 0 Å². The first kappa shape index (κ1) is 14.4. The fraction of sp³-hybridized carbons (Fsp3) is 0.615. The maximum atomic E-state index is 2.38. The molecule has 1 aliphatic rings. The zero-order valence-electron chi connectivity index (χ0n) is 11.0. The molecule has 14 heavy (non-hydrogen) atoms. The van der Waals surface area contributed by atoms with Gasteiger partial charge in [0, 0.05) is 5.92 Å². The Balaban J connectivity index is 0.000000364. The number of rotatable bonds is 0. The molecule has 0 nitrogen and oxygen atoms in total. The van der Waals surface area contributed by atoms with Crippen molar-refractivity contribution in [2.24, 2.45) is 0 Å². The van der Waals surface area contributed by atoms with Crippen molar-refractivity contribution in [3.05, 3.63) is 28.2 Å². The molecule has 0 aromatic heterocycles. The molecule has 0 aliphatic heterocycles. The molecular weight excluding hydrogens is 335 g/mol. The first-order chi connectivity index (χ1) is 6.29. The Labute approximate surface area is 98.0 Å². The van der Waals surface area contributed by atoms with E-state index in [9.17, 15) is 0 Å². The second-order valence-corrected chi connectivity index (χ2v) is 15.4. The molecule has 1 rings (SSSR count). The summed E-state index contributed by atoms with van der Waals surface area (Å²) in [4.78, 5) is 0. The molecule has 0 unspecified atom stereocenters. The van der Waals surface area contributed by atoms with Crippen molar-refractivity contribution in [2.45, 2.75) is 48.7 Å². The van der Waals surface area contributed by atoms with Crippen LogP contribution in [0.3, 0.4) is 0 Å². The van der Waals surface area contributed by atoms with Crippen LogP contribution in [0, 0.1) is 5.92 Å². The summed E-state index contributed by atoms with van der Waals surface area (Å²) < 4.78 is 7.14. The van der Waals surface area contributed by atoms with Crippen LogP contribution in [0.5, 0.6) is 0 Å². The second-order valence-electron chi connectivity index (χ2n) is 4.62. The van der Waals surface area contributed by atoms with Gasteiger partial charge in [0.15, 0.2) is 0 Å². The van der Waals surface area contributed by atoms with Crippen molar-refractivity contribution in [1.82, 2.24) is 0 Å². The van der Waals surface area contributed by atoms with Crippen LogP contribution < -0.4 is 0 Å². The van der Waals surface area contributed by atoms with Crippen molar-refractivity contribution < 1.29 is 21.4 Å². The number of hydrogen-bond donors (Lipinski definition) is 0. The van der Waals surface area contributed by atoms with Crippen molar-refractivity contribution in [3.8, 4) is 0 Å². The van der Waals surface area contributed by atoms with Gasteiger partial charge in [-0.25, -0.2) is 0 Å². The zero-order valence-corrected chi connectivity index (χ0v) is 14.6. The molecule has 0 fully saturated rings. The number of allylic oxidation sites excluding steroid dienone is 4. The summed E-state index contributed by atoms with van der Waals surface area (Å²) in [5.74, 6) is 1.47. The molecule has 0 aromatic rings. The third-order valence-corrected chi connectivity index (χ3v) is 2.81. The van der Waals surface area contributed by atoms with E-state index >= 15 is 0 Å². The maximum absolute atomic E-state index is 2.38. The van der Waals surface area contributed by atoms with E-state index in [2.05, 4.69) is 48.7 Å². The van der Waals surface area contributed by atoms with E-state index in [1.807, 2.05) is 0 Å². The van der Waals surface area contributed by atoms with Crippen LogP contribution in [0.2, 0.25) is 14.0 Å². The van der Waals surface area contributed by atoms with E-state index in [1.54, 1.807) is 0 Å². The van der Waals surface area contributed by atoms with Crippen LogP contribution in [0.15, 0.2) is 22.3 Å². The van der Waals surface area contributed by atoms with Crippen LogP contribution in [-0.2, 0) is 21.4 Å². The first-order valence-electron chi connectivity index (χ1n) is 5.25. The second kappa shape index (κ2) is 6.05. The van der Waals surface area contributed by atoms with E-state index in [4.69, 9.17) is 0 Å². The Morgan fingerprint density at radius 2 is 0.786 bits per heavy atom. The van der Waals surface area contributed by atoms with Crippen LogP contribution in [0.4, 0.5) is 0 Å². The molecule has 0 bridgehead atoms. The molecule has 0 saturated heterocycles. The quantitative estimate of drug-likeness (QED) is 0.534. The minimum atomic E-state index is -0.657. The summed E-state index contributed by atoms with van der Waals surface area (Å²) in [5.41, 5.74) is 5.87. The summed E-state index contributed by atoms with van der Waals surface area (Å²) in [6, 6.07) is 0. The van der Waals surface area contributed by atoms with E-state index < -0.39 is 21.4 Å². The van der Waals surface area contributed by atoms with Gasteiger partial charge in [0.05, 0.1) is 0 Å². The van der Waals surface area contributed by atoms with Crippen LogP contribution in [0.1, 0.15) is 34.6 Å². The SMILES string of the molecule is C[C]1C(C)=C(C)C(C)=C1C.[CH3][Hf]([CH3])[CH3]. The number of hydrogen-bond acceptors (Lipinski definition) is 0. The standard InChI is InChI=1S/C10H15.3CH3.Hf/c1-6-7(2)9(4)10(5)8(6)3;;;;/h1-5H3;3*1H3;. The Morgan fingerprint density at radius 1 is 0.571 bits per heavy atom. The molecule has 0 atom stereocenters. The van der Waals surface area contributed by atoms with Gasteiger partial charge in [0.1, 0.15) is 0 Å². The normalized spacial score (nSPS) is 17.1. The fourth-order valence-corrected chi connectivity index (χ4v) is 1.41. The van der Waals surface area contributed by atoms with E-state index in [0.717, 1.165) is 0 Å². The molecule has 1 aliphatic carbocycles. The summed E-state index contributed by atoms with van der Waals surface area (Å²) in [5, 5.41) is 0. The monoisotopic (exact) mass is 360 g/mol. The van der Waals surface area contributed by atoms with Gasteiger partial charge in [-0.2, -0.15) is 0 Å². The minimum absolute atomic E-state index is 0.657. The third kappa shape index (κ3) is 3.84. The van der Waals surface area contributed by atoms with E-state index in [-0.39, 0.29) is 0 Å². The van der Waals surface area contributed by atoms with Crippen LogP contribution in [0.25, 0.3) is 0 Å². The summed E-state index contributed by atoms with van der Waals surface area (Å²) in [7, 11) is 0. The average molecular weight is 359 g/mol. The average Bonchev–Trinajstić information content (AvgIpc) is 2.23. The Bertz CT molecular complexity index is 230. The Kier molecular flexibility index (Phi) is 6.20. The molecule has 1 heteroatoms. The molecule has 0 amide bonds. The van der Waals surface area contributed by atoms with E-state index in [0.29, 0.717) is 0 Å². The molecular formula is C13H24Hf. The Hall–Kier alpha value is 0.350. The third-order valence-electron chi connectivity index (χ3n) is 2.81. The predicted octanol–water partition coefficient (Wildman–Crippen LogP) is 5.02. The fourth-order valence-electron chi connectivity index (χ4n) is 1.41. The molecule has 0 saturated carbocycles. The van der Waals surface area contributed by atoms with Crippen molar-refractivity contribution >= 4 is 0 Å². The molecule has 0 heterocycles. The van der Waals surface area contributed by atoms with Gasteiger partial charge in [0.2, 0.25) is 0 Å². The van der Waals surface area contributed by atoms with Crippen molar-refractivity contribution in [1.29, 1.82) is 0 Å². The van der Waals surface area contributed by atoms with Gasteiger partial charge in [-0.05, 0) is 38.8 Å². The Morgan fingerprint density at radius 3 is 0.857 bits per heavy atom. The van der Waals surface area contributed by atoms with Crippen LogP contribution >= 0.6 is 0 Å². The summed E-state index contributed by atoms with van der Waals surface area (Å²) >= 11 is -0.657. The summed E-state index contributed by atoms with van der Waals surface area (Å²) in [6.07, 6.45) is 0. The molecule has 80 valence electrons. The molecule has 0 N–H and O–H groups in total. The van der Waals surface area contributed by atoms with Gasteiger partial charge >= 0.3 is 35.5 Å². The zero-order chi connectivity index (χ0) is 11.5. The van der Waals surface area contributed by atoms with Gasteiger partial charge in [-0.3, -0.25) is 0 Å². The van der Waals surface area contributed by atoms with Gasteiger partial charge in [0.25, 0.3) is 0 Å². The molecule has 0 aromatic carbocycles. The molecule has 0 spiro atoms. The first-order valence-corrected chi connectivity index (χ1v) is 16.0. The van der Waals surface area contributed by atoms with Gasteiger partial charge < -0.3 is 0 Å². The predicted molar refractivity (Wildman–Crippen MR) is 63.3 cm³/mol. The molecule has 1 radical (unpaired) electrons.